The summed E-state index contributed by atoms with van der Waals surface area (Å²) in [6, 6.07) is 55.1. The maximum absolute atomic E-state index is 5.40. The highest BCUT2D eigenvalue weighted by Crippen LogP contribution is 2.50. The Hall–Kier alpha value is -6.10. The van der Waals surface area contributed by atoms with Crippen LogP contribution in [-0.4, -0.2) is 14.5 Å². The fourth-order valence-corrected chi connectivity index (χ4v) is 9.58. The molecule has 0 saturated carbocycles. The van der Waals surface area contributed by atoms with Crippen LogP contribution in [0.5, 0.6) is 0 Å². The third kappa shape index (κ3) is 4.11. The Morgan fingerprint density at radius 2 is 1.22 bits per heavy atom. The Balaban J connectivity index is 1.10. The third-order valence-corrected chi connectivity index (χ3v) is 12.1. The van der Waals surface area contributed by atoms with Crippen molar-refractivity contribution in [2.75, 3.05) is 0 Å². The first-order chi connectivity index (χ1) is 25.0. The molecule has 0 aliphatic heterocycles. The molecule has 0 N–H and O–H groups in total. The highest BCUT2D eigenvalue weighted by atomic mass is 32.1. The van der Waals surface area contributed by atoms with E-state index in [0.717, 1.165) is 38.5 Å². The van der Waals surface area contributed by atoms with Crippen LogP contribution in [0.3, 0.4) is 0 Å². The van der Waals surface area contributed by atoms with Gasteiger partial charge < -0.3 is 4.57 Å². The number of hydrogen-bond acceptors (Lipinski definition) is 3. The maximum atomic E-state index is 5.40. The number of thiophene rings is 1. The Morgan fingerprint density at radius 1 is 0.529 bits per heavy atom. The normalized spacial score (nSPS) is 13.5. The monoisotopic (exact) mass is 669 g/mol. The molecule has 0 unspecified atom stereocenters. The Morgan fingerprint density at radius 3 is 2.08 bits per heavy atom. The molecule has 0 saturated heterocycles. The smallest absolute Gasteiger partial charge is 0.161 e. The van der Waals surface area contributed by atoms with Crippen molar-refractivity contribution >= 4 is 64.2 Å². The van der Waals surface area contributed by atoms with E-state index in [4.69, 9.17) is 9.97 Å². The molecule has 11 rings (SSSR count). The summed E-state index contributed by atoms with van der Waals surface area (Å²) in [6.45, 7) is 4.65. The van der Waals surface area contributed by atoms with Crippen LogP contribution in [-0.2, 0) is 5.41 Å². The van der Waals surface area contributed by atoms with Gasteiger partial charge in [-0.1, -0.05) is 123 Å². The van der Waals surface area contributed by atoms with Crippen LogP contribution < -0.4 is 0 Å². The summed E-state index contributed by atoms with van der Waals surface area (Å²) in [5.74, 6) is 0.761. The van der Waals surface area contributed by atoms with E-state index in [1.165, 1.54) is 64.9 Å². The average Bonchev–Trinajstić information content (AvgIpc) is 3.79. The van der Waals surface area contributed by atoms with E-state index < -0.39 is 0 Å². The summed E-state index contributed by atoms with van der Waals surface area (Å²) in [6.07, 6.45) is 0. The number of fused-ring (bicyclic) bond motifs is 10. The number of aromatic nitrogens is 3. The zero-order chi connectivity index (χ0) is 33.8. The first-order valence-electron chi connectivity index (χ1n) is 17.5. The number of nitrogens with zero attached hydrogens (tertiary/aromatic N) is 3. The van der Waals surface area contributed by atoms with Crippen LogP contribution in [0, 0.1) is 0 Å². The van der Waals surface area contributed by atoms with Crippen molar-refractivity contribution in [2.45, 2.75) is 19.3 Å². The van der Waals surface area contributed by atoms with Crippen LogP contribution in [0.1, 0.15) is 25.0 Å². The largest absolute Gasteiger partial charge is 0.309 e. The second-order valence-corrected chi connectivity index (χ2v) is 15.3. The predicted octanol–water partition coefficient (Wildman–Crippen LogP) is 12.7. The predicted molar refractivity (Wildman–Crippen MR) is 215 cm³/mol. The quantitative estimate of drug-likeness (QED) is 0.187. The molecule has 240 valence electrons. The van der Waals surface area contributed by atoms with Gasteiger partial charge in [0.1, 0.15) is 4.83 Å². The van der Waals surface area contributed by atoms with E-state index >= 15 is 0 Å². The lowest BCUT2D eigenvalue weighted by Crippen LogP contribution is -2.15. The van der Waals surface area contributed by atoms with E-state index in [-0.39, 0.29) is 5.41 Å². The van der Waals surface area contributed by atoms with Crippen molar-refractivity contribution in [1.29, 1.82) is 0 Å². The lowest BCUT2D eigenvalue weighted by atomic mass is 9.82. The summed E-state index contributed by atoms with van der Waals surface area (Å²) in [5.41, 5.74) is 11.9. The van der Waals surface area contributed by atoms with Crippen LogP contribution >= 0.6 is 11.3 Å². The summed E-state index contributed by atoms with van der Waals surface area (Å²) >= 11 is 1.74. The molecule has 0 radical (unpaired) electrons. The highest BCUT2D eigenvalue weighted by Gasteiger charge is 2.35. The van der Waals surface area contributed by atoms with E-state index in [9.17, 15) is 0 Å². The first kappa shape index (κ1) is 28.7. The third-order valence-electron chi connectivity index (χ3n) is 11.0. The van der Waals surface area contributed by atoms with Gasteiger partial charge in [0, 0.05) is 48.5 Å². The van der Waals surface area contributed by atoms with E-state index in [2.05, 4.69) is 170 Å². The molecule has 3 aromatic heterocycles. The number of hydrogen-bond donors (Lipinski definition) is 0. The molecule has 3 nitrogen and oxygen atoms in total. The van der Waals surface area contributed by atoms with E-state index in [0.29, 0.717) is 0 Å². The Kier molecular flexibility index (Phi) is 5.89. The van der Waals surface area contributed by atoms with Gasteiger partial charge in [-0.15, -0.1) is 11.3 Å². The van der Waals surface area contributed by atoms with Gasteiger partial charge in [-0.2, -0.15) is 0 Å². The zero-order valence-electron chi connectivity index (χ0n) is 28.2. The van der Waals surface area contributed by atoms with Gasteiger partial charge in [0.05, 0.1) is 16.7 Å². The molecular formula is C47H31N3S. The van der Waals surface area contributed by atoms with Gasteiger partial charge in [0.2, 0.25) is 0 Å². The van der Waals surface area contributed by atoms with Gasteiger partial charge >= 0.3 is 0 Å². The van der Waals surface area contributed by atoms with Gasteiger partial charge in [-0.25, -0.2) is 9.97 Å². The second kappa shape index (κ2) is 10.5. The number of para-hydroxylation sites is 1. The highest BCUT2D eigenvalue weighted by molar-refractivity contribution is 7.25. The zero-order valence-corrected chi connectivity index (χ0v) is 29.0. The van der Waals surface area contributed by atoms with Gasteiger partial charge in [0.25, 0.3) is 0 Å². The van der Waals surface area contributed by atoms with Crippen molar-refractivity contribution in [1.82, 2.24) is 14.5 Å². The summed E-state index contributed by atoms with van der Waals surface area (Å²) in [5, 5.41) is 7.33. The van der Waals surface area contributed by atoms with E-state index in [1.807, 2.05) is 0 Å². The number of rotatable bonds is 3. The van der Waals surface area contributed by atoms with Crippen molar-refractivity contribution in [2.24, 2.45) is 0 Å². The molecular weight excluding hydrogens is 639 g/mol. The number of benzene rings is 7. The van der Waals surface area contributed by atoms with Crippen LogP contribution in [0.2, 0.25) is 0 Å². The molecule has 0 atom stereocenters. The Labute approximate surface area is 299 Å². The molecule has 51 heavy (non-hydrogen) atoms. The average molecular weight is 670 g/mol. The van der Waals surface area contributed by atoms with Gasteiger partial charge in [0.15, 0.2) is 5.82 Å². The molecule has 3 heterocycles. The molecule has 7 aromatic carbocycles. The van der Waals surface area contributed by atoms with Crippen molar-refractivity contribution < 1.29 is 0 Å². The fraction of sp³-hybridized carbons (Fsp3) is 0.0638. The van der Waals surface area contributed by atoms with Gasteiger partial charge in [-0.05, 0) is 75.5 Å². The molecule has 1 aliphatic carbocycles. The van der Waals surface area contributed by atoms with E-state index in [1.54, 1.807) is 11.3 Å². The van der Waals surface area contributed by atoms with Crippen LogP contribution in [0.15, 0.2) is 152 Å². The molecule has 4 heteroatoms. The molecule has 1 aliphatic rings. The molecule has 0 amide bonds. The second-order valence-electron chi connectivity index (χ2n) is 14.2. The first-order valence-corrected chi connectivity index (χ1v) is 18.3. The van der Waals surface area contributed by atoms with Gasteiger partial charge in [-0.3, -0.25) is 0 Å². The lowest BCUT2D eigenvalue weighted by Gasteiger charge is -2.21. The molecule has 0 fully saturated rings. The molecule has 10 aromatic rings. The summed E-state index contributed by atoms with van der Waals surface area (Å²) < 4.78 is 3.62. The fourth-order valence-electron chi connectivity index (χ4n) is 8.51. The topological polar surface area (TPSA) is 30.7 Å². The minimum Gasteiger partial charge on any atom is -0.309 e. The van der Waals surface area contributed by atoms with Crippen LogP contribution in [0.4, 0.5) is 0 Å². The molecule has 0 bridgehead atoms. The standard InChI is InChI=1S/C47H31N3S/c1-47(2)38-16-8-5-13-33(38)34-24-21-31(26-39(34)47)45-48-44(43-36-15-7-10-18-42(36)51-46(43)49-45)28-19-22-32(23-20-28)50-40-17-9-6-14-35(40)37-25-29-11-3-4-12-30(29)27-41(37)50/h3-27H,1-2H3. The minimum absolute atomic E-state index is 0.0958. The van der Waals surface area contributed by atoms with Crippen molar-refractivity contribution in [3.8, 4) is 39.5 Å². The summed E-state index contributed by atoms with van der Waals surface area (Å²) in [4.78, 5) is 11.7. The van der Waals surface area contributed by atoms with Crippen molar-refractivity contribution in [3.63, 3.8) is 0 Å². The summed E-state index contributed by atoms with van der Waals surface area (Å²) in [7, 11) is 0. The minimum atomic E-state index is -0.0958. The van der Waals surface area contributed by atoms with Crippen molar-refractivity contribution in [3.05, 3.63) is 163 Å². The maximum Gasteiger partial charge on any atom is 0.161 e. The lowest BCUT2D eigenvalue weighted by molar-refractivity contribution is 0.660. The molecule has 0 spiro atoms. The Bertz CT molecular complexity index is 3050. The SMILES string of the molecule is CC1(C)c2ccccc2-c2ccc(-c3nc(-c4ccc(-n5c6ccccc6c6cc7ccccc7cc65)cc4)c4c(n3)sc3ccccc34)cc21. The van der Waals surface area contributed by atoms with Crippen LogP contribution in [0.25, 0.3) is 92.3 Å².